The lowest BCUT2D eigenvalue weighted by atomic mass is 9.99. The van der Waals surface area contributed by atoms with E-state index in [2.05, 4.69) is 15.5 Å². The first kappa shape index (κ1) is 23.5. The van der Waals surface area contributed by atoms with Gasteiger partial charge in [-0.1, -0.05) is 67.9 Å². The molecule has 3 aromatic rings. The van der Waals surface area contributed by atoms with Gasteiger partial charge in [-0.3, -0.25) is 4.79 Å². The molecule has 32 heavy (non-hydrogen) atoms. The van der Waals surface area contributed by atoms with Crippen molar-refractivity contribution in [3.63, 3.8) is 0 Å². The molecule has 2 aromatic carbocycles. The van der Waals surface area contributed by atoms with Crippen molar-refractivity contribution < 1.29 is 27.2 Å². The Bertz CT molecular complexity index is 1000. The second kappa shape index (κ2) is 10.4. The standard InChI is InChI=1S/C23H24F3N3O3/c1-3-15(2)20(27-19(30)14-31-13-16-7-5-4-6-8-16)22-28-21(29-32-22)17-9-11-18(12-10-17)23(24,25)26/h4-12,15,20H,3,13-14H2,1-2H3,(H,27,30)/t15-,20-/m0/s1. The molecule has 0 aliphatic heterocycles. The number of halogens is 3. The number of carbonyl (C=O) groups is 1. The topological polar surface area (TPSA) is 77.2 Å². The largest absolute Gasteiger partial charge is 0.416 e. The molecule has 0 aliphatic rings. The van der Waals surface area contributed by atoms with Crippen molar-refractivity contribution in [3.05, 3.63) is 71.6 Å². The molecule has 0 bridgehead atoms. The van der Waals surface area contributed by atoms with Gasteiger partial charge in [0.05, 0.1) is 12.2 Å². The Labute approximate surface area is 183 Å². The lowest BCUT2D eigenvalue weighted by Crippen LogP contribution is -2.35. The second-order valence-electron chi connectivity index (χ2n) is 7.44. The fourth-order valence-electron chi connectivity index (χ4n) is 3.02. The van der Waals surface area contributed by atoms with E-state index in [1.807, 2.05) is 44.2 Å². The third-order valence-corrected chi connectivity index (χ3v) is 5.05. The average Bonchev–Trinajstić information content (AvgIpc) is 3.27. The van der Waals surface area contributed by atoms with Crippen molar-refractivity contribution in [2.45, 2.75) is 39.1 Å². The van der Waals surface area contributed by atoms with E-state index in [1.165, 1.54) is 12.1 Å². The molecule has 1 heterocycles. The highest BCUT2D eigenvalue weighted by atomic mass is 19.4. The summed E-state index contributed by atoms with van der Waals surface area (Å²) in [4.78, 5) is 16.7. The second-order valence-corrected chi connectivity index (χ2v) is 7.44. The summed E-state index contributed by atoms with van der Waals surface area (Å²) in [6, 6.07) is 13.4. The van der Waals surface area contributed by atoms with Crippen LogP contribution in [0.5, 0.6) is 0 Å². The number of alkyl halides is 3. The van der Waals surface area contributed by atoms with Gasteiger partial charge in [-0.15, -0.1) is 0 Å². The maximum atomic E-state index is 12.8. The molecule has 0 saturated heterocycles. The predicted octanol–water partition coefficient (Wildman–Crippen LogP) is 5.18. The summed E-state index contributed by atoms with van der Waals surface area (Å²) in [7, 11) is 0. The van der Waals surface area contributed by atoms with Crippen LogP contribution in [-0.2, 0) is 22.3 Å². The normalized spacial score (nSPS) is 13.5. The van der Waals surface area contributed by atoms with Gasteiger partial charge in [0, 0.05) is 5.56 Å². The monoisotopic (exact) mass is 447 g/mol. The predicted molar refractivity (Wildman–Crippen MR) is 111 cm³/mol. The summed E-state index contributed by atoms with van der Waals surface area (Å²) in [5.74, 6) is -0.0169. The van der Waals surface area contributed by atoms with Crippen LogP contribution < -0.4 is 5.32 Å². The van der Waals surface area contributed by atoms with E-state index in [4.69, 9.17) is 9.26 Å². The van der Waals surface area contributed by atoms with Crippen molar-refractivity contribution >= 4 is 5.91 Å². The molecule has 9 heteroatoms. The number of benzene rings is 2. The lowest BCUT2D eigenvalue weighted by Gasteiger charge is -2.20. The Morgan fingerprint density at radius 1 is 1.12 bits per heavy atom. The van der Waals surface area contributed by atoms with Crippen LogP contribution in [0.15, 0.2) is 59.1 Å². The number of carbonyl (C=O) groups excluding carboxylic acids is 1. The van der Waals surface area contributed by atoms with Gasteiger partial charge in [-0.05, 0) is 23.6 Å². The molecule has 0 unspecified atom stereocenters. The minimum atomic E-state index is -4.42. The van der Waals surface area contributed by atoms with E-state index in [0.717, 1.165) is 24.1 Å². The average molecular weight is 447 g/mol. The van der Waals surface area contributed by atoms with Crippen LogP contribution in [0.1, 0.15) is 43.3 Å². The highest BCUT2D eigenvalue weighted by molar-refractivity contribution is 5.77. The molecule has 170 valence electrons. The van der Waals surface area contributed by atoms with Crippen LogP contribution in [0.3, 0.4) is 0 Å². The van der Waals surface area contributed by atoms with Gasteiger partial charge >= 0.3 is 6.18 Å². The van der Waals surface area contributed by atoms with Crippen molar-refractivity contribution in [2.75, 3.05) is 6.61 Å². The molecule has 0 aliphatic carbocycles. The van der Waals surface area contributed by atoms with Crippen molar-refractivity contribution in [2.24, 2.45) is 5.92 Å². The molecule has 0 spiro atoms. The number of rotatable bonds is 9. The zero-order chi connectivity index (χ0) is 23.1. The van der Waals surface area contributed by atoms with Crippen molar-refractivity contribution in [1.82, 2.24) is 15.5 Å². The highest BCUT2D eigenvalue weighted by Gasteiger charge is 2.30. The van der Waals surface area contributed by atoms with Crippen LogP contribution in [-0.4, -0.2) is 22.7 Å². The first-order chi connectivity index (χ1) is 15.3. The lowest BCUT2D eigenvalue weighted by molar-refractivity contribution is -0.137. The van der Waals surface area contributed by atoms with E-state index in [9.17, 15) is 18.0 Å². The maximum Gasteiger partial charge on any atom is 0.416 e. The van der Waals surface area contributed by atoms with Crippen LogP contribution in [0.4, 0.5) is 13.2 Å². The molecule has 1 N–H and O–H groups in total. The molecule has 3 rings (SSSR count). The van der Waals surface area contributed by atoms with Crippen LogP contribution in [0.2, 0.25) is 0 Å². The van der Waals surface area contributed by atoms with Crippen LogP contribution >= 0.6 is 0 Å². The smallest absolute Gasteiger partial charge is 0.367 e. The maximum absolute atomic E-state index is 12.8. The molecule has 0 fully saturated rings. The van der Waals surface area contributed by atoms with E-state index in [0.29, 0.717) is 12.2 Å². The molecule has 1 amide bonds. The molecular weight excluding hydrogens is 423 g/mol. The number of aromatic nitrogens is 2. The minimum absolute atomic E-state index is 0.0195. The van der Waals surface area contributed by atoms with E-state index >= 15 is 0 Å². The van der Waals surface area contributed by atoms with Gasteiger partial charge in [0.15, 0.2) is 0 Å². The summed E-state index contributed by atoms with van der Waals surface area (Å²) in [6.45, 7) is 4.06. The quantitative estimate of drug-likeness (QED) is 0.489. The Kier molecular flexibility index (Phi) is 7.63. The van der Waals surface area contributed by atoms with Crippen molar-refractivity contribution in [1.29, 1.82) is 0 Å². The van der Waals surface area contributed by atoms with Crippen LogP contribution in [0.25, 0.3) is 11.4 Å². The summed E-state index contributed by atoms with van der Waals surface area (Å²) >= 11 is 0. The number of amides is 1. The van der Waals surface area contributed by atoms with Gasteiger partial charge in [0.25, 0.3) is 0 Å². The van der Waals surface area contributed by atoms with Crippen LogP contribution in [0, 0.1) is 5.92 Å². The van der Waals surface area contributed by atoms with Crippen molar-refractivity contribution in [3.8, 4) is 11.4 Å². The summed E-state index contributed by atoms with van der Waals surface area (Å²) < 4.78 is 49.1. The number of hydrogen-bond acceptors (Lipinski definition) is 5. The van der Waals surface area contributed by atoms with E-state index in [-0.39, 0.29) is 30.1 Å². The van der Waals surface area contributed by atoms with Gasteiger partial charge in [0.2, 0.25) is 17.6 Å². The molecule has 1 aromatic heterocycles. The number of ether oxygens (including phenoxy) is 1. The third kappa shape index (κ3) is 6.16. The van der Waals surface area contributed by atoms with Gasteiger partial charge in [-0.2, -0.15) is 18.2 Å². The minimum Gasteiger partial charge on any atom is -0.367 e. The summed E-state index contributed by atoms with van der Waals surface area (Å²) in [5, 5.41) is 6.73. The van der Waals surface area contributed by atoms with Gasteiger partial charge in [0.1, 0.15) is 12.6 Å². The Balaban J connectivity index is 1.66. The summed E-state index contributed by atoms with van der Waals surface area (Å²) in [5.41, 5.74) is 0.579. The number of nitrogens with one attached hydrogen (secondary N) is 1. The first-order valence-electron chi connectivity index (χ1n) is 10.2. The van der Waals surface area contributed by atoms with E-state index < -0.39 is 17.8 Å². The zero-order valence-electron chi connectivity index (χ0n) is 17.7. The van der Waals surface area contributed by atoms with Gasteiger partial charge < -0.3 is 14.6 Å². The molecular formula is C23H24F3N3O3. The third-order valence-electron chi connectivity index (χ3n) is 5.05. The Morgan fingerprint density at radius 3 is 2.44 bits per heavy atom. The Hall–Kier alpha value is -3.20. The zero-order valence-corrected chi connectivity index (χ0v) is 17.7. The number of hydrogen-bond donors (Lipinski definition) is 1. The fourth-order valence-corrected chi connectivity index (χ4v) is 3.02. The molecule has 0 saturated carbocycles. The molecule has 2 atom stereocenters. The SMILES string of the molecule is CC[C@H](C)[C@H](NC(=O)COCc1ccccc1)c1nc(-c2ccc(C(F)(F)F)cc2)no1. The van der Waals surface area contributed by atoms with Gasteiger partial charge in [-0.25, -0.2) is 0 Å². The molecule has 6 nitrogen and oxygen atoms in total. The highest BCUT2D eigenvalue weighted by Crippen LogP contribution is 2.31. The summed E-state index contributed by atoms with van der Waals surface area (Å²) in [6.07, 6.45) is -3.69. The number of nitrogens with zero attached hydrogens (tertiary/aromatic N) is 2. The molecule has 0 radical (unpaired) electrons. The van der Waals surface area contributed by atoms with E-state index in [1.54, 1.807) is 0 Å². The fraction of sp³-hybridized carbons (Fsp3) is 0.348. The Morgan fingerprint density at radius 2 is 1.81 bits per heavy atom. The first-order valence-corrected chi connectivity index (χ1v) is 10.2.